The van der Waals surface area contributed by atoms with Crippen LogP contribution in [0.3, 0.4) is 0 Å². The van der Waals surface area contributed by atoms with Gasteiger partial charge in [0.25, 0.3) is 5.91 Å². The van der Waals surface area contributed by atoms with Crippen LogP contribution in [0, 0.1) is 13.8 Å². The lowest BCUT2D eigenvalue weighted by molar-refractivity contribution is -0.116. The molecule has 1 saturated heterocycles. The van der Waals surface area contributed by atoms with Crippen LogP contribution in [0.4, 0.5) is 5.69 Å². The Labute approximate surface area is 203 Å². The maximum absolute atomic E-state index is 12.5. The highest BCUT2D eigenvalue weighted by Gasteiger charge is 2.27. The molecule has 1 fully saturated rings. The monoisotopic (exact) mass is 480 g/mol. The second kappa shape index (κ2) is 10.2. The van der Waals surface area contributed by atoms with Crippen molar-refractivity contribution in [2.75, 3.05) is 12.4 Å². The summed E-state index contributed by atoms with van der Waals surface area (Å²) in [5.74, 6) is 1.14. The highest BCUT2D eigenvalue weighted by atomic mass is 35.5. The Kier molecular flexibility index (Phi) is 7.16. The number of methoxy groups -OCH3 is 1. The Bertz CT molecular complexity index is 1210. The number of hydrogen-bond acceptors (Lipinski definition) is 5. The summed E-state index contributed by atoms with van der Waals surface area (Å²) in [6, 6.07) is 19.5. The zero-order valence-electron chi connectivity index (χ0n) is 18.6. The average Bonchev–Trinajstić information content (AvgIpc) is 3.13. The summed E-state index contributed by atoms with van der Waals surface area (Å²) in [6.07, 6.45) is 1.85. The second-order valence-corrected chi connectivity index (χ2v) is 9.35. The van der Waals surface area contributed by atoms with E-state index in [0.29, 0.717) is 28.0 Å². The number of ether oxygens (including phenoxy) is 2. The van der Waals surface area contributed by atoms with Gasteiger partial charge in [-0.3, -0.25) is 4.79 Å². The molecule has 0 saturated carbocycles. The minimum Gasteiger partial charge on any atom is -0.493 e. The van der Waals surface area contributed by atoms with Gasteiger partial charge in [0.2, 0.25) is 0 Å². The van der Waals surface area contributed by atoms with Crippen LogP contribution >= 0.6 is 23.4 Å². The number of carbonyl (C=O) groups is 1. The van der Waals surface area contributed by atoms with E-state index >= 15 is 0 Å². The van der Waals surface area contributed by atoms with Crippen LogP contribution in [0.2, 0.25) is 5.02 Å². The van der Waals surface area contributed by atoms with Gasteiger partial charge in [0.1, 0.15) is 6.61 Å². The van der Waals surface area contributed by atoms with Gasteiger partial charge in [-0.25, -0.2) is 0 Å². The Morgan fingerprint density at radius 3 is 2.73 bits per heavy atom. The first-order valence-electron chi connectivity index (χ1n) is 10.5. The largest absolute Gasteiger partial charge is 0.493 e. The zero-order chi connectivity index (χ0) is 23.4. The Balaban J connectivity index is 1.45. The predicted molar refractivity (Wildman–Crippen MR) is 136 cm³/mol. The van der Waals surface area contributed by atoms with E-state index in [0.717, 1.165) is 22.4 Å². The van der Waals surface area contributed by atoms with Crippen molar-refractivity contribution in [2.24, 2.45) is 0 Å². The average molecular weight is 481 g/mol. The molecule has 33 heavy (non-hydrogen) atoms. The lowest BCUT2D eigenvalue weighted by Crippen LogP contribution is -2.31. The van der Waals surface area contributed by atoms with Gasteiger partial charge in [-0.2, -0.15) is 0 Å². The molecule has 170 valence electrons. The van der Waals surface area contributed by atoms with Crippen LogP contribution in [0.5, 0.6) is 11.5 Å². The number of hydrogen-bond donors (Lipinski definition) is 2. The fraction of sp³-hybridized carbons (Fsp3) is 0.192. The number of nitrogens with one attached hydrogen (secondary N) is 2. The van der Waals surface area contributed by atoms with E-state index in [4.69, 9.17) is 21.1 Å². The van der Waals surface area contributed by atoms with Crippen LogP contribution in [0.1, 0.15) is 22.3 Å². The highest BCUT2D eigenvalue weighted by molar-refractivity contribution is 8.05. The Morgan fingerprint density at radius 2 is 1.94 bits per heavy atom. The van der Waals surface area contributed by atoms with Crippen LogP contribution in [0.25, 0.3) is 6.08 Å². The van der Waals surface area contributed by atoms with Crippen LogP contribution in [0.15, 0.2) is 65.6 Å². The van der Waals surface area contributed by atoms with Crippen molar-refractivity contribution in [3.05, 3.63) is 92.8 Å². The molecule has 0 aliphatic carbocycles. The quantitative estimate of drug-likeness (QED) is 0.397. The van der Waals surface area contributed by atoms with Gasteiger partial charge >= 0.3 is 0 Å². The molecule has 4 rings (SSSR count). The summed E-state index contributed by atoms with van der Waals surface area (Å²) >= 11 is 7.53. The SMILES string of the molecule is COc1cc(/C=C2\SC(Nc3cc(Cl)ccc3C)NC2=O)ccc1OCc1cccc(C)c1. The maximum Gasteiger partial charge on any atom is 0.260 e. The van der Waals surface area contributed by atoms with Gasteiger partial charge in [0.05, 0.1) is 12.0 Å². The number of rotatable bonds is 7. The Morgan fingerprint density at radius 1 is 1.09 bits per heavy atom. The summed E-state index contributed by atoms with van der Waals surface area (Å²) in [7, 11) is 1.61. The molecule has 0 radical (unpaired) electrons. The number of amides is 1. The minimum atomic E-state index is -0.278. The molecule has 1 aliphatic heterocycles. The molecule has 1 atom stereocenters. The summed E-state index contributed by atoms with van der Waals surface area (Å²) in [6.45, 7) is 4.50. The van der Waals surface area contributed by atoms with Gasteiger partial charge in [0.15, 0.2) is 17.0 Å². The highest BCUT2D eigenvalue weighted by Crippen LogP contribution is 2.34. The van der Waals surface area contributed by atoms with Crippen LogP contribution in [-0.2, 0) is 11.4 Å². The fourth-order valence-corrected chi connectivity index (χ4v) is 4.61. The van der Waals surface area contributed by atoms with Crippen molar-refractivity contribution in [1.29, 1.82) is 0 Å². The number of anilines is 1. The molecule has 7 heteroatoms. The fourth-order valence-electron chi connectivity index (χ4n) is 3.46. The molecule has 1 heterocycles. The number of benzene rings is 3. The van der Waals surface area contributed by atoms with Crippen LogP contribution in [-0.4, -0.2) is 18.5 Å². The maximum atomic E-state index is 12.5. The first-order chi connectivity index (χ1) is 15.9. The molecule has 0 spiro atoms. The molecular weight excluding hydrogens is 456 g/mol. The van der Waals surface area contributed by atoms with Crippen molar-refractivity contribution in [3.63, 3.8) is 0 Å². The van der Waals surface area contributed by atoms with Crippen molar-refractivity contribution in [2.45, 2.75) is 26.0 Å². The number of halogens is 1. The summed E-state index contributed by atoms with van der Waals surface area (Å²) in [5, 5.41) is 6.92. The molecule has 0 aromatic heterocycles. The summed E-state index contributed by atoms with van der Waals surface area (Å²) in [4.78, 5) is 13.1. The van der Waals surface area contributed by atoms with E-state index < -0.39 is 0 Å². The predicted octanol–water partition coefficient (Wildman–Crippen LogP) is 6.14. The van der Waals surface area contributed by atoms with Gasteiger partial charge in [-0.05, 0) is 60.9 Å². The smallest absolute Gasteiger partial charge is 0.260 e. The third kappa shape index (κ3) is 5.83. The molecule has 3 aromatic rings. The lowest BCUT2D eigenvalue weighted by Gasteiger charge is -2.15. The second-order valence-electron chi connectivity index (χ2n) is 7.77. The van der Waals surface area contributed by atoms with E-state index in [9.17, 15) is 4.79 Å². The molecule has 0 bridgehead atoms. The molecule has 1 aliphatic rings. The minimum absolute atomic E-state index is 0.129. The van der Waals surface area contributed by atoms with E-state index in [1.165, 1.54) is 17.3 Å². The standard InChI is InChI=1S/C26H25ClN2O3S/c1-16-5-4-6-19(11-16)15-32-22-10-8-18(12-23(22)31-3)13-24-25(30)29-26(33-24)28-21-14-20(27)9-7-17(21)2/h4-14,26,28H,15H2,1-3H3,(H,29,30)/b24-13-. The molecule has 2 N–H and O–H groups in total. The lowest BCUT2D eigenvalue weighted by atomic mass is 10.1. The first kappa shape index (κ1) is 23.1. The van der Waals surface area contributed by atoms with Crippen molar-refractivity contribution >= 4 is 41.0 Å². The van der Waals surface area contributed by atoms with Crippen molar-refractivity contribution < 1.29 is 14.3 Å². The van der Waals surface area contributed by atoms with Gasteiger partial charge < -0.3 is 20.1 Å². The van der Waals surface area contributed by atoms with E-state index in [1.807, 2.05) is 61.5 Å². The first-order valence-corrected chi connectivity index (χ1v) is 11.8. The van der Waals surface area contributed by atoms with Crippen molar-refractivity contribution in [3.8, 4) is 11.5 Å². The molecule has 1 unspecified atom stereocenters. The molecule has 1 amide bonds. The summed E-state index contributed by atoms with van der Waals surface area (Å²) in [5.41, 5.74) is 4.80. The third-order valence-electron chi connectivity index (χ3n) is 5.18. The van der Waals surface area contributed by atoms with E-state index in [1.54, 1.807) is 7.11 Å². The van der Waals surface area contributed by atoms with Gasteiger partial charge in [0, 0.05) is 10.7 Å². The summed E-state index contributed by atoms with van der Waals surface area (Å²) < 4.78 is 11.5. The molecular formula is C26H25ClN2O3S. The van der Waals surface area contributed by atoms with Crippen molar-refractivity contribution in [1.82, 2.24) is 5.32 Å². The zero-order valence-corrected chi connectivity index (χ0v) is 20.2. The topological polar surface area (TPSA) is 59.6 Å². The Hall–Kier alpha value is -3.09. The number of carbonyl (C=O) groups excluding carboxylic acids is 1. The number of thioether (sulfide) groups is 1. The van der Waals surface area contributed by atoms with E-state index in [2.05, 4.69) is 29.7 Å². The molecule has 3 aromatic carbocycles. The third-order valence-corrected chi connectivity index (χ3v) is 6.44. The van der Waals surface area contributed by atoms with Crippen LogP contribution < -0.4 is 20.1 Å². The van der Waals surface area contributed by atoms with E-state index in [-0.39, 0.29) is 11.4 Å². The normalized spacial score (nSPS) is 16.5. The number of aryl methyl sites for hydroxylation is 2. The van der Waals surface area contributed by atoms with Gasteiger partial charge in [-0.1, -0.05) is 65.3 Å². The molecule has 5 nitrogen and oxygen atoms in total. The van der Waals surface area contributed by atoms with Gasteiger partial charge in [-0.15, -0.1) is 0 Å².